The zero-order chi connectivity index (χ0) is 19.8. The summed E-state index contributed by atoms with van der Waals surface area (Å²) in [5, 5.41) is 1.30. The third kappa shape index (κ3) is 3.67. The van der Waals surface area contributed by atoms with E-state index in [0.29, 0.717) is 10.6 Å². The van der Waals surface area contributed by atoms with Crippen LogP contribution in [0.2, 0.25) is 0 Å². The largest absolute Gasteiger partial charge is 0.454 e. The summed E-state index contributed by atoms with van der Waals surface area (Å²) >= 11 is 0. The van der Waals surface area contributed by atoms with E-state index in [-0.39, 0.29) is 28.0 Å². The zero-order valence-corrected chi connectivity index (χ0v) is 17.9. The summed E-state index contributed by atoms with van der Waals surface area (Å²) in [6.07, 6.45) is 0.119. The molecule has 1 heterocycles. The lowest BCUT2D eigenvalue weighted by Crippen LogP contribution is -2.39. The van der Waals surface area contributed by atoms with Gasteiger partial charge in [0, 0.05) is 12.8 Å². The molecule has 137 valence electrons. The monoisotopic (exact) mass is 388 g/mol. The first-order valence-corrected chi connectivity index (χ1v) is 9.63. The van der Waals surface area contributed by atoms with Crippen molar-refractivity contribution in [3.05, 3.63) is 27.8 Å². The fraction of sp³-hybridized carbons (Fsp3) is 0.500. The van der Waals surface area contributed by atoms with Gasteiger partial charge in [0.2, 0.25) is 10.5 Å². The van der Waals surface area contributed by atoms with Gasteiger partial charge in [-0.05, 0) is 53.6 Å². The van der Waals surface area contributed by atoms with Gasteiger partial charge in [-0.3, -0.25) is 9.59 Å². The highest BCUT2D eigenvalue weighted by Gasteiger charge is 2.35. The van der Waals surface area contributed by atoms with Crippen molar-refractivity contribution < 1.29 is 23.3 Å². The Balaban J connectivity index is 2.63. The van der Waals surface area contributed by atoms with Gasteiger partial charge in [0.05, 0.1) is 5.56 Å². The third-order valence-corrected chi connectivity index (χ3v) is 5.77. The van der Waals surface area contributed by atoms with E-state index in [1.54, 1.807) is 0 Å². The first-order valence-electron chi connectivity index (χ1n) is 8.31. The van der Waals surface area contributed by atoms with Gasteiger partial charge in [-0.1, -0.05) is 20.8 Å². The van der Waals surface area contributed by atoms with Crippen molar-refractivity contribution in [3.8, 4) is 0 Å². The van der Waals surface area contributed by atoms with Crippen LogP contribution in [0, 0.1) is 20.8 Å². The summed E-state index contributed by atoms with van der Waals surface area (Å²) in [6.45, 7) is 12.0. The maximum atomic E-state index is 12.9. The standard InChI is InChI=1S/C18H22NO5Si2/c1-9-10(2)14(17(22)23-19-12(20)7-8-13(19)21)16(26-24-25)15(11(9)3)18(4,5)6/h7-8H2,1-6H3. The van der Waals surface area contributed by atoms with E-state index in [9.17, 15) is 14.4 Å². The molecule has 6 nitrogen and oxygen atoms in total. The highest BCUT2D eigenvalue weighted by atomic mass is 28.3. The molecule has 0 aromatic heterocycles. The molecule has 1 aromatic carbocycles. The minimum Gasteiger partial charge on any atom is -0.454 e. The van der Waals surface area contributed by atoms with Crippen LogP contribution in [0.5, 0.6) is 0 Å². The van der Waals surface area contributed by atoms with Crippen LogP contribution in [0.15, 0.2) is 0 Å². The van der Waals surface area contributed by atoms with Crippen LogP contribution in [0.4, 0.5) is 0 Å². The lowest BCUT2D eigenvalue weighted by atomic mass is 9.80. The minimum atomic E-state index is -0.717. The van der Waals surface area contributed by atoms with Crippen molar-refractivity contribution >= 4 is 43.2 Å². The molecule has 1 aliphatic rings. The van der Waals surface area contributed by atoms with E-state index in [1.807, 2.05) is 20.8 Å². The maximum Gasteiger partial charge on any atom is 0.364 e. The van der Waals surface area contributed by atoms with E-state index >= 15 is 0 Å². The van der Waals surface area contributed by atoms with Crippen LogP contribution in [0.3, 0.4) is 0 Å². The molecule has 1 fully saturated rings. The predicted molar refractivity (Wildman–Crippen MR) is 98.1 cm³/mol. The molecule has 0 atom stereocenters. The molecule has 8 heteroatoms. The Morgan fingerprint density at radius 2 is 1.58 bits per heavy atom. The molecule has 0 bridgehead atoms. The first kappa shape index (κ1) is 20.5. The second-order valence-corrected chi connectivity index (χ2v) is 8.94. The highest BCUT2D eigenvalue weighted by Crippen LogP contribution is 2.30. The number of hydrogen-bond acceptors (Lipinski definition) is 5. The maximum absolute atomic E-state index is 12.9. The summed E-state index contributed by atoms with van der Waals surface area (Å²) in [6, 6.07) is 0. The summed E-state index contributed by atoms with van der Waals surface area (Å²) in [4.78, 5) is 41.7. The molecule has 0 aliphatic carbocycles. The van der Waals surface area contributed by atoms with Crippen molar-refractivity contribution in [1.29, 1.82) is 0 Å². The first-order chi connectivity index (χ1) is 12.0. The number of benzene rings is 1. The summed E-state index contributed by atoms with van der Waals surface area (Å²) in [5.41, 5.74) is 3.94. The fourth-order valence-corrected chi connectivity index (χ4v) is 4.75. The zero-order valence-electron chi connectivity index (χ0n) is 15.9. The molecule has 5 radical (unpaired) electrons. The summed E-state index contributed by atoms with van der Waals surface area (Å²) in [5.74, 6) is -1.71. The quantitative estimate of drug-likeness (QED) is 0.577. The summed E-state index contributed by atoms with van der Waals surface area (Å²) < 4.78 is 5.19. The fourth-order valence-electron chi connectivity index (χ4n) is 3.29. The van der Waals surface area contributed by atoms with Crippen molar-refractivity contribution in [2.75, 3.05) is 0 Å². The average molecular weight is 389 g/mol. The van der Waals surface area contributed by atoms with Gasteiger partial charge in [-0.25, -0.2) is 4.79 Å². The highest BCUT2D eigenvalue weighted by molar-refractivity contribution is 6.53. The molecule has 0 N–H and O–H groups in total. The number of nitrogens with zero attached hydrogens (tertiary/aromatic N) is 1. The number of amides is 2. The van der Waals surface area contributed by atoms with Crippen LogP contribution in [0.25, 0.3) is 0 Å². The van der Waals surface area contributed by atoms with Gasteiger partial charge in [0.25, 0.3) is 21.6 Å². The Hall–Kier alpha value is -1.78. The topological polar surface area (TPSA) is 72.9 Å². The molecule has 0 unspecified atom stereocenters. The molecule has 1 aliphatic heterocycles. The Morgan fingerprint density at radius 3 is 2.04 bits per heavy atom. The second-order valence-electron chi connectivity index (χ2n) is 7.41. The Labute approximate surface area is 159 Å². The van der Waals surface area contributed by atoms with E-state index in [1.165, 1.54) is 0 Å². The molecule has 1 saturated heterocycles. The lowest BCUT2D eigenvalue weighted by molar-refractivity contribution is -0.172. The number of rotatable bonds is 4. The smallest absolute Gasteiger partial charge is 0.364 e. The average Bonchev–Trinajstić information content (AvgIpc) is 2.84. The van der Waals surface area contributed by atoms with Gasteiger partial charge >= 0.3 is 5.97 Å². The summed E-state index contributed by atoms with van der Waals surface area (Å²) in [7, 11) is 2.90. The molecular weight excluding hydrogens is 366 g/mol. The van der Waals surface area contributed by atoms with Crippen molar-refractivity contribution in [2.45, 2.75) is 59.8 Å². The molecule has 2 amide bonds. The van der Waals surface area contributed by atoms with E-state index in [4.69, 9.17) is 8.95 Å². The number of carbonyl (C=O) groups excluding carboxylic acids is 3. The molecule has 26 heavy (non-hydrogen) atoms. The van der Waals surface area contributed by atoms with Crippen molar-refractivity contribution in [3.63, 3.8) is 0 Å². The molecule has 2 rings (SSSR count). The van der Waals surface area contributed by atoms with Crippen LogP contribution in [-0.4, -0.2) is 43.1 Å². The molecule has 0 saturated carbocycles. The Kier molecular flexibility index (Phi) is 5.89. The van der Waals surface area contributed by atoms with Gasteiger partial charge in [-0.15, -0.1) is 5.06 Å². The van der Waals surface area contributed by atoms with Gasteiger partial charge < -0.3 is 8.95 Å². The predicted octanol–water partition coefficient (Wildman–Crippen LogP) is 1.47. The third-order valence-electron chi connectivity index (χ3n) is 4.66. The SMILES string of the molecule is Cc1c(C)c(C(=O)ON2C(=O)CCC2=O)c([Si]O[Si])c(C(C)(C)C)c1C. The van der Waals surface area contributed by atoms with Crippen molar-refractivity contribution in [1.82, 2.24) is 5.06 Å². The number of hydroxylamine groups is 2. The van der Waals surface area contributed by atoms with Crippen LogP contribution in [-0.2, 0) is 24.0 Å². The minimum absolute atomic E-state index is 0.0596. The molecule has 1 aromatic rings. The normalized spacial score (nSPS) is 15.0. The number of hydrogen-bond donors (Lipinski definition) is 0. The van der Waals surface area contributed by atoms with E-state index in [2.05, 4.69) is 31.3 Å². The van der Waals surface area contributed by atoms with E-state index < -0.39 is 17.8 Å². The van der Waals surface area contributed by atoms with Crippen LogP contribution in [0.1, 0.15) is 66.2 Å². The van der Waals surface area contributed by atoms with Gasteiger partial charge in [-0.2, -0.15) is 0 Å². The Morgan fingerprint density at radius 1 is 1.04 bits per heavy atom. The van der Waals surface area contributed by atoms with Crippen molar-refractivity contribution in [2.24, 2.45) is 0 Å². The number of carbonyl (C=O) groups is 3. The van der Waals surface area contributed by atoms with Crippen LogP contribution < -0.4 is 5.19 Å². The lowest BCUT2D eigenvalue weighted by Gasteiger charge is -2.29. The second kappa shape index (κ2) is 7.46. The molecule has 0 spiro atoms. The van der Waals surface area contributed by atoms with Crippen LogP contribution >= 0.6 is 0 Å². The van der Waals surface area contributed by atoms with Gasteiger partial charge in [0.15, 0.2) is 0 Å². The number of imide groups is 1. The van der Waals surface area contributed by atoms with E-state index in [0.717, 1.165) is 27.4 Å². The van der Waals surface area contributed by atoms with Gasteiger partial charge in [0.1, 0.15) is 0 Å². The molecular formula is C18H22NO5Si2. The Bertz CT molecular complexity index is 767.